The molecular formula is C19H16FNO4S. The molecule has 1 atom stereocenters. The number of benzene rings is 2. The van der Waals surface area contributed by atoms with Crippen LogP contribution in [-0.4, -0.2) is 23.2 Å². The zero-order valence-corrected chi connectivity index (χ0v) is 14.5. The first-order valence-electron chi connectivity index (χ1n) is 7.89. The topological polar surface area (TPSA) is 75.6 Å². The van der Waals surface area contributed by atoms with Gasteiger partial charge in [-0.1, -0.05) is 36.4 Å². The van der Waals surface area contributed by atoms with Crippen molar-refractivity contribution in [1.82, 2.24) is 5.32 Å². The van der Waals surface area contributed by atoms with E-state index in [1.54, 1.807) is 29.6 Å². The third kappa shape index (κ3) is 4.18. The molecule has 1 aromatic heterocycles. The molecule has 1 amide bonds. The van der Waals surface area contributed by atoms with E-state index in [-0.39, 0.29) is 13.0 Å². The molecule has 0 aliphatic carbocycles. The average Bonchev–Trinajstić information content (AvgIpc) is 3.04. The van der Waals surface area contributed by atoms with Crippen molar-refractivity contribution in [3.05, 3.63) is 70.9 Å². The molecule has 7 heteroatoms. The van der Waals surface area contributed by atoms with Crippen molar-refractivity contribution in [2.75, 3.05) is 0 Å². The fourth-order valence-electron chi connectivity index (χ4n) is 2.58. The maximum absolute atomic E-state index is 14.0. The number of thiophene rings is 1. The second-order valence-corrected chi connectivity index (χ2v) is 6.59. The molecule has 0 bridgehead atoms. The highest BCUT2D eigenvalue weighted by Crippen LogP contribution is 2.29. The number of amides is 1. The third-order valence-electron chi connectivity index (χ3n) is 3.85. The van der Waals surface area contributed by atoms with Crippen LogP contribution >= 0.6 is 11.3 Å². The van der Waals surface area contributed by atoms with Crippen LogP contribution in [0, 0.1) is 5.82 Å². The number of nitrogens with one attached hydrogen (secondary N) is 1. The quantitative estimate of drug-likeness (QED) is 0.686. The number of hydrogen-bond donors (Lipinski definition) is 2. The molecule has 0 fully saturated rings. The smallest absolute Gasteiger partial charge is 0.408 e. The predicted molar refractivity (Wildman–Crippen MR) is 96.7 cm³/mol. The lowest BCUT2D eigenvalue weighted by molar-refractivity contribution is -0.139. The van der Waals surface area contributed by atoms with Crippen LogP contribution in [0.3, 0.4) is 0 Å². The second-order valence-electron chi connectivity index (χ2n) is 5.67. The van der Waals surface area contributed by atoms with E-state index in [9.17, 15) is 19.1 Å². The molecule has 0 aliphatic heterocycles. The summed E-state index contributed by atoms with van der Waals surface area (Å²) in [5.41, 5.74) is 1.33. The maximum atomic E-state index is 14.0. The van der Waals surface area contributed by atoms with Crippen molar-refractivity contribution < 1.29 is 23.8 Å². The van der Waals surface area contributed by atoms with E-state index in [0.29, 0.717) is 10.9 Å². The summed E-state index contributed by atoms with van der Waals surface area (Å²) in [6.45, 7) is 0.0367. The van der Waals surface area contributed by atoms with Gasteiger partial charge in [0.2, 0.25) is 0 Å². The Morgan fingerprint density at radius 3 is 2.65 bits per heavy atom. The van der Waals surface area contributed by atoms with Gasteiger partial charge >= 0.3 is 12.1 Å². The van der Waals surface area contributed by atoms with Gasteiger partial charge in [-0.25, -0.2) is 14.0 Å². The highest BCUT2D eigenvalue weighted by molar-refractivity contribution is 7.17. The van der Waals surface area contributed by atoms with E-state index >= 15 is 0 Å². The van der Waals surface area contributed by atoms with E-state index in [0.717, 1.165) is 10.3 Å². The number of ether oxygens (including phenoxy) is 1. The van der Waals surface area contributed by atoms with Crippen LogP contribution in [0.5, 0.6) is 0 Å². The van der Waals surface area contributed by atoms with Crippen LogP contribution in [0.2, 0.25) is 0 Å². The molecule has 134 valence electrons. The Labute approximate surface area is 153 Å². The molecule has 0 spiro atoms. The Balaban J connectivity index is 1.67. The average molecular weight is 373 g/mol. The van der Waals surface area contributed by atoms with Crippen LogP contribution in [0.15, 0.2) is 53.9 Å². The van der Waals surface area contributed by atoms with Gasteiger partial charge in [-0.2, -0.15) is 0 Å². The van der Waals surface area contributed by atoms with Crippen molar-refractivity contribution in [2.45, 2.75) is 19.1 Å². The van der Waals surface area contributed by atoms with Crippen molar-refractivity contribution in [2.24, 2.45) is 0 Å². The van der Waals surface area contributed by atoms with Gasteiger partial charge in [-0.15, -0.1) is 11.3 Å². The van der Waals surface area contributed by atoms with Crippen molar-refractivity contribution in [1.29, 1.82) is 0 Å². The van der Waals surface area contributed by atoms with Gasteiger partial charge < -0.3 is 15.2 Å². The Bertz CT molecular complexity index is 926. The highest BCUT2D eigenvalue weighted by atomic mass is 32.1. The second kappa shape index (κ2) is 7.97. The number of carbonyl (C=O) groups is 2. The lowest BCUT2D eigenvalue weighted by atomic mass is 10.0. The Kier molecular flexibility index (Phi) is 5.48. The molecule has 3 aromatic rings. The van der Waals surface area contributed by atoms with Gasteiger partial charge in [-0.05, 0) is 28.6 Å². The fraction of sp³-hybridized carbons (Fsp3) is 0.158. The molecule has 0 unspecified atom stereocenters. The van der Waals surface area contributed by atoms with Crippen LogP contribution in [0.25, 0.3) is 10.1 Å². The van der Waals surface area contributed by atoms with Crippen LogP contribution in [0.1, 0.15) is 11.1 Å². The van der Waals surface area contributed by atoms with Gasteiger partial charge in [0.05, 0.1) is 0 Å². The summed E-state index contributed by atoms with van der Waals surface area (Å²) in [4.78, 5) is 23.4. The zero-order chi connectivity index (χ0) is 18.5. The number of fused-ring (bicyclic) bond motifs is 1. The molecule has 3 rings (SSSR count). The van der Waals surface area contributed by atoms with Crippen molar-refractivity contribution in [3.63, 3.8) is 0 Å². The lowest BCUT2D eigenvalue weighted by Crippen LogP contribution is -2.42. The van der Waals surface area contributed by atoms with Gasteiger partial charge in [0.25, 0.3) is 0 Å². The Hall–Kier alpha value is -2.93. The zero-order valence-electron chi connectivity index (χ0n) is 13.6. The first-order chi connectivity index (χ1) is 12.5. The number of hydrogen-bond acceptors (Lipinski definition) is 4. The van der Waals surface area contributed by atoms with Gasteiger partial charge in [0, 0.05) is 16.5 Å². The summed E-state index contributed by atoms with van der Waals surface area (Å²) in [6.07, 6.45) is -0.863. The lowest BCUT2D eigenvalue weighted by Gasteiger charge is -2.14. The predicted octanol–water partition coefficient (Wildman–Crippen LogP) is 3.96. The number of aliphatic carboxylic acids is 1. The largest absolute Gasteiger partial charge is 0.480 e. The summed E-state index contributed by atoms with van der Waals surface area (Å²) in [7, 11) is 0. The summed E-state index contributed by atoms with van der Waals surface area (Å²) in [5, 5.41) is 13.8. The van der Waals surface area contributed by atoms with Crippen LogP contribution < -0.4 is 5.32 Å². The molecule has 2 aromatic carbocycles. The minimum Gasteiger partial charge on any atom is -0.480 e. The minimum absolute atomic E-state index is 0.0310. The minimum atomic E-state index is -1.21. The van der Waals surface area contributed by atoms with Crippen LogP contribution in [-0.2, 0) is 22.6 Å². The molecule has 0 aliphatic rings. The maximum Gasteiger partial charge on any atom is 0.408 e. The van der Waals surface area contributed by atoms with Gasteiger partial charge in [-0.3, -0.25) is 0 Å². The number of carbonyl (C=O) groups excluding carboxylic acids is 1. The third-order valence-corrected chi connectivity index (χ3v) is 4.85. The molecule has 26 heavy (non-hydrogen) atoms. The Morgan fingerprint density at radius 1 is 1.15 bits per heavy atom. The summed E-state index contributed by atoms with van der Waals surface area (Å²) < 4.78 is 19.8. The standard InChI is InChI=1S/C19H16FNO4S/c20-14-7-4-8-16-17(14)13(11-26-16)9-15(18(22)23)21-19(24)25-10-12-5-2-1-3-6-12/h1-8,11,15H,9-10H2,(H,21,24)(H,22,23)/t15-/m0/s1. The van der Waals surface area contributed by atoms with E-state index in [1.807, 2.05) is 18.2 Å². The van der Waals surface area contributed by atoms with Crippen molar-refractivity contribution >= 4 is 33.5 Å². The summed E-state index contributed by atoms with van der Waals surface area (Å²) in [5.74, 6) is -1.62. The van der Waals surface area contributed by atoms with E-state index in [1.165, 1.54) is 17.4 Å². The fourth-order valence-corrected chi connectivity index (χ4v) is 3.57. The van der Waals surface area contributed by atoms with Crippen LogP contribution in [0.4, 0.5) is 9.18 Å². The van der Waals surface area contributed by atoms with E-state index in [2.05, 4.69) is 5.32 Å². The Morgan fingerprint density at radius 2 is 1.92 bits per heavy atom. The van der Waals surface area contributed by atoms with Gasteiger partial charge in [0.15, 0.2) is 0 Å². The number of carboxylic acid groups (broad SMARTS) is 1. The molecule has 0 saturated heterocycles. The molecule has 0 saturated carbocycles. The molecule has 5 nitrogen and oxygen atoms in total. The molecule has 0 radical (unpaired) electrons. The normalized spacial score (nSPS) is 11.9. The molecule has 1 heterocycles. The van der Waals surface area contributed by atoms with Gasteiger partial charge in [0.1, 0.15) is 18.5 Å². The summed E-state index contributed by atoms with van der Waals surface area (Å²) in [6, 6.07) is 12.5. The number of carboxylic acids is 1. The number of rotatable bonds is 6. The SMILES string of the molecule is O=C(N[C@@H](Cc1csc2cccc(F)c12)C(=O)O)OCc1ccccc1. The molecular weight excluding hydrogens is 357 g/mol. The number of halogens is 1. The van der Waals surface area contributed by atoms with E-state index in [4.69, 9.17) is 4.74 Å². The highest BCUT2D eigenvalue weighted by Gasteiger charge is 2.23. The van der Waals surface area contributed by atoms with Crippen molar-refractivity contribution in [3.8, 4) is 0 Å². The van der Waals surface area contributed by atoms with E-state index < -0.39 is 23.9 Å². The first kappa shape index (κ1) is 17.9. The monoisotopic (exact) mass is 373 g/mol. The first-order valence-corrected chi connectivity index (χ1v) is 8.77. The molecule has 2 N–H and O–H groups in total. The number of alkyl carbamates (subject to hydrolysis) is 1. The summed E-state index contributed by atoms with van der Waals surface area (Å²) >= 11 is 1.33.